The van der Waals surface area contributed by atoms with Crippen molar-refractivity contribution in [2.75, 3.05) is 27.2 Å². The fraction of sp³-hybridized carbons (Fsp3) is 0.333. The lowest BCUT2D eigenvalue weighted by atomic mass is 9.85. The molecule has 0 aliphatic carbocycles. The summed E-state index contributed by atoms with van der Waals surface area (Å²) in [4.78, 5) is 44.6. The second-order valence-electron chi connectivity index (χ2n) is 8.67. The van der Waals surface area contributed by atoms with Crippen LogP contribution in [-0.4, -0.2) is 70.3 Å². The Morgan fingerprint density at radius 3 is 2.47 bits per heavy atom. The molecule has 0 saturated carbocycles. The number of hydrogen-bond acceptors (Lipinski definition) is 6. The largest absolute Gasteiger partial charge is 0.458 e. The molecule has 3 aromatic rings. The van der Waals surface area contributed by atoms with E-state index in [0.29, 0.717) is 19.3 Å². The van der Waals surface area contributed by atoms with Crippen molar-refractivity contribution in [3.05, 3.63) is 64.5 Å². The fourth-order valence-electron chi connectivity index (χ4n) is 4.04. The van der Waals surface area contributed by atoms with E-state index in [1.54, 1.807) is 17.0 Å². The maximum atomic E-state index is 13.2. The zero-order chi connectivity index (χ0) is 24.6. The maximum Gasteiger partial charge on any atom is 0.297 e. The monoisotopic (exact) mass is 487 g/mol. The molecule has 0 atom stereocenters. The third-order valence-corrected chi connectivity index (χ3v) is 6.29. The van der Waals surface area contributed by atoms with Crippen LogP contribution >= 0.6 is 11.6 Å². The van der Waals surface area contributed by atoms with Gasteiger partial charge >= 0.3 is 0 Å². The van der Waals surface area contributed by atoms with E-state index in [2.05, 4.69) is 4.98 Å². The van der Waals surface area contributed by atoms with Crippen LogP contribution in [0.15, 0.2) is 41.0 Å². The van der Waals surface area contributed by atoms with Crippen LogP contribution < -0.4 is 0 Å². The number of aliphatic hydroxyl groups is 1. The van der Waals surface area contributed by atoms with E-state index in [4.69, 9.17) is 16.0 Å². The first kappa shape index (κ1) is 23.8. The Morgan fingerprint density at radius 2 is 1.85 bits per heavy atom. The van der Waals surface area contributed by atoms with Crippen molar-refractivity contribution in [3.8, 4) is 0 Å². The van der Waals surface area contributed by atoms with E-state index in [-0.39, 0.29) is 46.3 Å². The van der Waals surface area contributed by atoms with Gasteiger partial charge in [0.1, 0.15) is 22.8 Å². The number of Topliss-reactive ketones (excluding diaryl/α,β-unsaturated/α-hetero) is 1. The number of ketones is 1. The van der Waals surface area contributed by atoms with Crippen LogP contribution in [0.5, 0.6) is 0 Å². The number of rotatable bonds is 5. The number of fused-ring (bicyclic) bond motifs is 1. The number of likely N-dealkylation sites (tertiary alicyclic amines) is 1. The molecule has 1 fully saturated rings. The summed E-state index contributed by atoms with van der Waals surface area (Å²) in [6.45, 7) is 0.558. The zero-order valence-electron chi connectivity index (χ0n) is 18.7. The van der Waals surface area contributed by atoms with Crippen LogP contribution in [0.25, 0.3) is 10.9 Å². The minimum absolute atomic E-state index is 0.0524. The molecule has 10 heteroatoms. The number of furan rings is 1. The Morgan fingerprint density at radius 1 is 1.21 bits per heavy atom. The van der Waals surface area contributed by atoms with Crippen molar-refractivity contribution in [1.29, 1.82) is 0 Å². The van der Waals surface area contributed by atoms with Crippen molar-refractivity contribution in [1.82, 2.24) is 14.8 Å². The van der Waals surface area contributed by atoms with Crippen molar-refractivity contribution < 1.29 is 28.3 Å². The van der Waals surface area contributed by atoms with Crippen molar-refractivity contribution in [2.45, 2.75) is 24.9 Å². The molecular formula is C24H23ClFN3O5. The van der Waals surface area contributed by atoms with E-state index < -0.39 is 23.2 Å². The van der Waals surface area contributed by atoms with Crippen LogP contribution in [-0.2, 0) is 11.2 Å². The van der Waals surface area contributed by atoms with Crippen LogP contribution in [0.3, 0.4) is 0 Å². The Bertz CT molecular complexity index is 1260. The number of halogens is 2. The zero-order valence-corrected chi connectivity index (χ0v) is 19.4. The van der Waals surface area contributed by atoms with E-state index >= 15 is 0 Å². The summed E-state index contributed by atoms with van der Waals surface area (Å²) in [6, 6.07) is 7.38. The Labute approximate surface area is 199 Å². The number of piperidine rings is 1. The van der Waals surface area contributed by atoms with Gasteiger partial charge in [0.05, 0.1) is 16.6 Å². The molecule has 178 valence electrons. The van der Waals surface area contributed by atoms with E-state index in [9.17, 15) is 23.9 Å². The predicted molar refractivity (Wildman–Crippen MR) is 122 cm³/mol. The minimum atomic E-state index is -1.02. The quantitative estimate of drug-likeness (QED) is 0.337. The molecule has 1 aliphatic heterocycles. The number of nitrogens with zero attached hydrogens (tertiary/aromatic N) is 3. The highest BCUT2D eigenvalue weighted by Gasteiger charge is 2.35. The highest BCUT2D eigenvalue weighted by atomic mass is 35.5. The van der Waals surface area contributed by atoms with E-state index in [0.717, 1.165) is 10.5 Å². The number of pyridine rings is 1. The van der Waals surface area contributed by atoms with Gasteiger partial charge in [-0.25, -0.2) is 9.37 Å². The summed E-state index contributed by atoms with van der Waals surface area (Å²) < 4.78 is 18.4. The first-order valence-electron chi connectivity index (χ1n) is 10.7. The number of amides is 2. The Hall–Kier alpha value is -3.30. The normalized spacial score (nSPS) is 15.4. The van der Waals surface area contributed by atoms with Crippen LogP contribution in [0.1, 0.15) is 39.3 Å². The van der Waals surface area contributed by atoms with Gasteiger partial charge in [0.15, 0.2) is 5.76 Å². The van der Waals surface area contributed by atoms with Gasteiger partial charge in [0.2, 0.25) is 0 Å². The highest BCUT2D eigenvalue weighted by molar-refractivity contribution is 6.44. The van der Waals surface area contributed by atoms with Crippen LogP contribution in [0.4, 0.5) is 4.39 Å². The lowest BCUT2D eigenvalue weighted by Crippen LogP contribution is -2.47. The number of aromatic nitrogens is 1. The first-order chi connectivity index (χ1) is 16.1. The molecule has 1 saturated heterocycles. The summed E-state index contributed by atoms with van der Waals surface area (Å²) >= 11 is 6.25. The molecular weight excluding hydrogens is 465 g/mol. The minimum Gasteiger partial charge on any atom is -0.458 e. The third kappa shape index (κ3) is 4.67. The number of carbonyl (C=O) groups excluding carboxylic acids is 3. The topological polar surface area (TPSA) is 104 Å². The standard InChI is InChI=1S/C24H23ClFN3O5/c1-28(2)23(32)19(30)20-16-11-17(21(25)27-18(16)13-34-20)22(31)29-9-7-24(33,8-10-29)12-14-3-5-15(26)6-4-14/h3-6,11,13,33H,7-10,12H2,1-2H3. The van der Waals surface area contributed by atoms with E-state index in [1.807, 2.05) is 0 Å². The molecule has 1 aromatic carbocycles. The maximum absolute atomic E-state index is 13.2. The van der Waals surface area contributed by atoms with E-state index in [1.165, 1.54) is 38.6 Å². The SMILES string of the molecule is CN(C)C(=O)C(=O)c1occ2nc(Cl)c(C(=O)N3CCC(O)(Cc4ccc(F)cc4)CC3)cc12. The summed E-state index contributed by atoms with van der Waals surface area (Å²) in [5.74, 6) is -2.57. The average molecular weight is 488 g/mol. The molecule has 1 aliphatic rings. The number of benzene rings is 1. The summed E-state index contributed by atoms with van der Waals surface area (Å²) in [7, 11) is 2.89. The van der Waals surface area contributed by atoms with Gasteiger partial charge in [-0.05, 0) is 36.6 Å². The number of hydrogen-bond donors (Lipinski definition) is 1. The van der Waals surface area contributed by atoms with Crippen molar-refractivity contribution >= 4 is 40.1 Å². The van der Waals surface area contributed by atoms with Gasteiger partial charge in [-0.1, -0.05) is 23.7 Å². The number of likely N-dealkylation sites (N-methyl/N-ethyl adjacent to an activating group) is 1. The summed E-state index contributed by atoms with van der Waals surface area (Å²) in [6.07, 6.45) is 2.22. The molecule has 0 bridgehead atoms. The molecule has 1 N–H and O–H groups in total. The second kappa shape index (κ2) is 9.15. The van der Waals surface area contributed by atoms with Crippen molar-refractivity contribution in [2.24, 2.45) is 0 Å². The lowest BCUT2D eigenvalue weighted by molar-refractivity contribution is -0.124. The summed E-state index contributed by atoms with van der Waals surface area (Å²) in [5.41, 5.74) is 0.123. The van der Waals surface area contributed by atoms with Gasteiger partial charge in [-0.2, -0.15) is 0 Å². The van der Waals surface area contributed by atoms with Gasteiger partial charge in [-0.3, -0.25) is 14.4 Å². The third-order valence-electron chi connectivity index (χ3n) is 6.00. The Balaban J connectivity index is 1.52. The molecule has 2 amide bonds. The van der Waals surface area contributed by atoms with Crippen LogP contribution in [0, 0.1) is 5.82 Å². The predicted octanol–water partition coefficient (Wildman–Crippen LogP) is 3.10. The molecule has 0 radical (unpaired) electrons. The fourth-order valence-corrected chi connectivity index (χ4v) is 4.26. The molecule has 2 aromatic heterocycles. The molecule has 4 rings (SSSR count). The van der Waals surface area contributed by atoms with Crippen molar-refractivity contribution in [3.63, 3.8) is 0 Å². The number of carbonyl (C=O) groups is 3. The average Bonchev–Trinajstić information content (AvgIpc) is 3.21. The molecule has 3 heterocycles. The Kier molecular flexibility index (Phi) is 6.42. The van der Waals surface area contributed by atoms with Crippen LogP contribution in [0.2, 0.25) is 5.15 Å². The molecule has 0 spiro atoms. The molecule has 0 unspecified atom stereocenters. The lowest BCUT2D eigenvalue weighted by Gasteiger charge is -2.38. The second-order valence-corrected chi connectivity index (χ2v) is 9.03. The summed E-state index contributed by atoms with van der Waals surface area (Å²) in [5, 5.41) is 11.1. The van der Waals surface area contributed by atoms with Gasteiger partial charge in [0, 0.05) is 33.6 Å². The van der Waals surface area contributed by atoms with Gasteiger partial charge < -0.3 is 19.3 Å². The smallest absolute Gasteiger partial charge is 0.297 e. The molecule has 8 nitrogen and oxygen atoms in total. The van der Waals surface area contributed by atoms with Gasteiger partial charge in [0.25, 0.3) is 17.6 Å². The highest BCUT2D eigenvalue weighted by Crippen LogP contribution is 2.30. The first-order valence-corrected chi connectivity index (χ1v) is 11.1. The van der Waals surface area contributed by atoms with Gasteiger partial charge in [-0.15, -0.1) is 0 Å². The molecule has 34 heavy (non-hydrogen) atoms.